The van der Waals surface area contributed by atoms with E-state index in [1.165, 1.54) is 18.4 Å². The predicted octanol–water partition coefficient (Wildman–Crippen LogP) is 7.81. The van der Waals surface area contributed by atoms with E-state index in [9.17, 15) is 0 Å². The Morgan fingerprint density at radius 2 is 1.00 bits per heavy atom. The number of aryl methyl sites for hydroxylation is 1. The van der Waals surface area contributed by atoms with Crippen LogP contribution in [0.4, 0.5) is 17.1 Å². The van der Waals surface area contributed by atoms with Crippen LogP contribution in [0.15, 0.2) is 72.8 Å². The first kappa shape index (κ1) is 25.9. The van der Waals surface area contributed by atoms with Gasteiger partial charge in [0.1, 0.15) is 0 Å². The number of nitrogens with zero attached hydrogens (tertiary/aromatic N) is 1. The van der Waals surface area contributed by atoms with Crippen LogP contribution in [-0.2, 0) is 38.6 Å². The van der Waals surface area contributed by atoms with Crippen molar-refractivity contribution in [3.8, 4) is 0 Å². The fourth-order valence-corrected chi connectivity index (χ4v) is 4.87. The maximum absolute atomic E-state index is 5.99. The van der Waals surface area contributed by atoms with Crippen molar-refractivity contribution in [1.82, 2.24) is 0 Å². The van der Waals surface area contributed by atoms with Gasteiger partial charge < -0.3 is 23.8 Å². The lowest BCUT2D eigenvalue weighted by molar-refractivity contribution is -0.169. The number of ether oxygens (including phenoxy) is 4. The molecule has 0 amide bonds. The Hall–Kier alpha value is -2.70. The lowest BCUT2D eigenvalue weighted by Gasteiger charge is -2.26. The lowest BCUT2D eigenvalue weighted by Crippen LogP contribution is -2.22. The van der Waals surface area contributed by atoms with Gasteiger partial charge in [-0.3, -0.25) is 0 Å². The Morgan fingerprint density at radius 1 is 0.595 bits per heavy atom. The number of hydrogen-bond donors (Lipinski definition) is 0. The molecule has 2 aliphatic heterocycles. The summed E-state index contributed by atoms with van der Waals surface area (Å²) in [5.41, 5.74) is 6.99. The molecule has 2 fully saturated rings. The monoisotopic (exact) mass is 501 g/mol. The van der Waals surface area contributed by atoms with Gasteiger partial charge in [-0.2, -0.15) is 0 Å². The molecule has 2 unspecified atom stereocenters. The van der Waals surface area contributed by atoms with Crippen LogP contribution >= 0.6 is 0 Å². The lowest BCUT2D eigenvalue weighted by atomic mass is 10.1. The fourth-order valence-electron chi connectivity index (χ4n) is 4.87. The molecule has 0 bridgehead atoms. The summed E-state index contributed by atoms with van der Waals surface area (Å²) in [6.45, 7) is 4.92. The second-order valence-corrected chi connectivity index (χ2v) is 9.90. The summed E-state index contributed by atoms with van der Waals surface area (Å²) in [4.78, 5) is 2.29. The van der Waals surface area contributed by atoms with Crippen molar-refractivity contribution in [3.63, 3.8) is 0 Å². The molecule has 37 heavy (non-hydrogen) atoms. The zero-order valence-electron chi connectivity index (χ0n) is 21.9. The maximum atomic E-state index is 5.99. The van der Waals surface area contributed by atoms with Crippen LogP contribution in [0.3, 0.4) is 0 Å². The van der Waals surface area contributed by atoms with Crippen molar-refractivity contribution in [1.29, 1.82) is 0 Å². The average molecular weight is 502 g/mol. The van der Waals surface area contributed by atoms with E-state index < -0.39 is 0 Å². The SMILES string of the molecule is CCc1ccc(N(c2ccc(COC3CCCCO3)cc2)c2ccc(COC3CCCCO3)cc2)cc1. The maximum Gasteiger partial charge on any atom is 0.158 e. The largest absolute Gasteiger partial charge is 0.353 e. The van der Waals surface area contributed by atoms with Crippen molar-refractivity contribution < 1.29 is 18.9 Å². The number of benzene rings is 3. The highest BCUT2D eigenvalue weighted by molar-refractivity contribution is 5.76. The second kappa shape index (κ2) is 13.2. The van der Waals surface area contributed by atoms with Crippen LogP contribution in [-0.4, -0.2) is 25.8 Å². The minimum absolute atomic E-state index is 0.0748. The second-order valence-electron chi connectivity index (χ2n) is 9.90. The molecule has 2 atom stereocenters. The minimum Gasteiger partial charge on any atom is -0.353 e. The van der Waals surface area contributed by atoms with E-state index in [0.717, 1.165) is 73.5 Å². The Bertz CT molecular complexity index is 1000. The first-order valence-corrected chi connectivity index (χ1v) is 13.8. The molecule has 0 radical (unpaired) electrons. The normalized spacial score (nSPS) is 20.0. The molecule has 0 N–H and O–H groups in total. The van der Waals surface area contributed by atoms with Gasteiger partial charge in [0.2, 0.25) is 0 Å². The van der Waals surface area contributed by atoms with E-state index in [-0.39, 0.29) is 12.6 Å². The summed E-state index contributed by atoms with van der Waals surface area (Å²) in [7, 11) is 0. The van der Waals surface area contributed by atoms with E-state index in [0.29, 0.717) is 13.2 Å². The van der Waals surface area contributed by atoms with Crippen LogP contribution in [0, 0.1) is 0 Å². The van der Waals surface area contributed by atoms with Crippen LogP contribution < -0.4 is 4.90 Å². The van der Waals surface area contributed by atoms with Crippen molar-refractivity contribution in [2.75, 3.05) is 18.1 Å². The van der Waals surface area contributed by atoms with Gasteiger partial charge in [0.15, 0.2) is 12.6 Å². The molecule has 3 aromatic carbocycles. The van der Waals surface area contributed by atoms with Gasteiger partial charge in [0.25, 0.3) is 0 Å². The Kier molecular flexibility index (Phi) is 9.25. The summed E-state index contributed by atoms with van der Waals surface area (Å²) in [5.74, 6) is 0. The van der Waals surface area contributed by atoms with Crippen LogP contribution in [0.2, 0.25) is 0 Å². The minimum atomic E-state index is -0.0748. The van der Waals surface area contributed by atoms with Crippen LogP contribution in [0.25, 0.3) is 0 Å². The van der Waals surface area contributed by atoms with E-state index in [4.69, 9.17) is 18.9 Å². The van der Waals surface area contributed by atoms with E-state index >= 15 is 0 Å². The molecule has 2 saturated heterocycles. The van der Waals surface area contributed by atoms with Gasteiger partial charge in [-0.05, 0) is 98.0 Å². The predicted molar refractivity (Wildman–Crippen MR) is 147 cm³/mol. The quantitative estimate of drug-likeness (QED) is 0.283. The van der Waals surface area contributed by atoms with Crippen molar-refractivity contribution in [2.24, 2.45) is 0 Å². The number of anilines is 3. The van der Waals surface area contributed by atoms with Crippen molar-refractivity contribution in [3.05, 3.63) is 89.5 Å². The highest BCUT2D eigenvalue weighted by atomic mass is 16.7. The average Bonchev–Trinajstić information content (AvgIpc) is 2.98. The molecule has 2 aliphatic rings. The third kappa shape index (κ3) is 7.20. The highest BCUT2D eigenvalue weighted by Crippen LogP contribution is 2.35. The van der Waals surface area contributed by atoms with Gasteiger partial charge in [-0.25, -0.2) is 0 Å². The van der Waals surface area contributed by atoms with Crippen LogP contribution in [0.5, 0.6) is 0 Å². The first-order valence-electron chi connectivity index (χ1n) is 13.8. The number of hydrogen-bond acceptors (Lipinski definition) is 5. The van der Waals surface area contributed by atoms with Gasteiger partial charge in [0, 0.05) is 30.3 Å². The molecule has 5 rings (SSSR count). The Morgan fingerprint density at radius 3 is 1.35 bits per heavy atom. The molecule has 5 nitrogen and oxygen atoms in total. The third-order valence-corrected chi connectivity index (χ3v) is 7.14. The molecule has 5 heteroatoms. The summed E-state index contributed by atoms with van der Waals surface area (Å²) in [6, 6.07) is 26.1. The molecular formula is C32H39NO4. The van der Waals surface area contributed by atoms with Crippen molar-refractivity contribution >= 4 is 17.1 Å². The molecular weight excluding hydrogens is 462 g/mol. The summed E-state index contributed by atoms with van der Waals surface area (Å²) in [5, 5.41) is 0. The zero-order valence-corrected chi connectivity index (χ0v) is 21.9. The van der Waals surface area contributed by atoms with E-state index in [2.05, 4.69) is 84.6 Å². The summed E-state index contributed by atoms with van der Waals surface area (Å²) < 4.78 is 23.4. The molecule has 0 spiro atoms. The molecule has 2 heterocycles. The van der Waals surface area contributed by atoms with E-state index in [1.807, 2.05) is 0 Å². The number of rotatable bonds is 10. The van der Waals surface area contributed by atoms with Gasteiger partial charge >= 0.3 is 0 Å². The zero-order chi connectivity index (χ0) is 25.3. The Balaban J connectivity index is 1.30. The van der Waals surface area contributed by atoms with Gasteiger partial charge in [-0.15, -0.1) is 0 Å². The first-order chi connectivity index (χ1) is 18.3. The topological polar surface area (TPSA) is 40.2 Å². The van der Waals surface area contributed by atoms with E-state index in [1.54, 1.807) is 0 Å². The van der Waals surface area contributed by atoms with Crippen LogP contribution in [0.1, 0.15) is 62.1 Å². The van der Waals surface area contributed by atoms with Gasteiger partial charge in [-0.1, -0.05) is 43.3 Å². The molecule has 3 aromatic rings. The highest BCUT2D eigenvalue weighted by Gasteiger charge is 2.17. The summed E-state index contributed by atoms with van der Waals surface area (Å²) >= 11 is 0. The molecule has 0 aromatic heterocycles. The summed E-state index contributed by atoms with van der Waals surface area (Å²) in [6.07, 6.45) is 7.45. The Labute approximate surface area is 221 Å². The van der Waals surface area contributed by atoms with Crippen molar-refractivity contribution in [2.45, 2.75) is 77.7 Å². The standard InChI is InChI=1S/C32H39NO4/c1-2-25-9-15-28(16-10-25)33(29-17-11-26(12-18-29)23-36-31-7-3-5-21-34-31)30-19-13-27(14-20-30)24-37-32-8-4-6-22-35-32/h9-20,31-32H,2-8,21-24H2,1H3. The molecule has 196 valence electrons. The third-order valence-electron chi connectivity index (χ3n) is 7.14. The fraction of sp³-hybridized carbons (Fsp3) is 0.438. The van der Waals surface area contributed by atoms with Gasteiger partial charge in [0.05, 0.1) is 13.2 Å². The molecule has 0 saturated carbocycles. The molecule has 0 aliphatic carbocycles. The smallest absolute Gasteiger partial charge is 0.158 e.